The molecule has 0 unspecified atom stereocenters. The Morgan fingerprint density at radius 2 is 2.25 bits per heavy atom. The third-order valence-electron chi connectivity index (χ3n) is 2.01. The van der Waals surface area contributed by atoms with Gasteiger partial charge in [0.05, 0.1) is 10.6 Å². The van der Waals surface area contributed by atoms with Crippen LogP contribution in [0.25, 0.3) is 0 Å². The Morgan fingerprint density at radius 1 is 1.62 bits per heavy atom. The molecule has 0 radical (unpaired) electrons. The predicted molar refractivity (Wildman–Crippen MR) is 56.7 cm³/mol. The molecule has 0 aromatic heterocycles. The zero-order valence-corrected chi connectivity index (χ0v) is 8.51. The Balaban J connectivity index is 3.21. The first kappa shape index (κ1) is 11.8. The number of carbonyl (C=O) groups is 1. The van der Waals surface area contributed by atoms with Crippen LogP contribution in [0.1, 0.15) is 0 Å². The van der Waals surface area contributed by atoms with Gasteiger partial charge in [0.2, 0.25) is 5.91 Å². The average molecular weight is 224 g/mol. The van der Waals surface area contributed by atoms with E-state index in [0.717, 1.165) is 29.2 Å². The highest BCUT2D eigenvalue weighted by atomic mass is 19.1. The van der Waals surface area contributed by atoms with Crippen molar-refractivity contribution in [1.29, 1.82) is 0 Å². The van der Waals surface area contributed by atoms with Gasteiger partial charge < -0.3 is 4.90 Å². The zero-order valence-electron chi connectivity index (χ0n) is 8.51. The number of nitro benzene ring substituents is 1. The lowest BCUT2D eigenvalue weighted by Crippen LogP contribution is -2.24. The molecule has 0 fully saturated rings. The van der Waals surface area contributed by atoms with Crippen LogP contribution in [0.2, 0.25) is 0 Å². The van der Waals surface area contributed by atoms with Crippen molar-refractivity contribution >= 4 is 17.3 Å². The number of rotatable bonds is 3. The number of nitrogens with zero attached hydrogens (tertiary/aromatic N) is 2. The highest BCUT2D eigenvalue weighted by molar-refractivity contribution is 6.00. The molecule has 0 aliphatic heterocycles. The van der Waals surface area contributed by atoms with E-state index in [2.05, 4.69) is 6.58 Å². The van der Waals surface area contributed by atoms with Crippen LogP contribution < -0.4 is 4.90 Å². The minimum absolute atomic E-state index is 0.154. The van der Waals surface area contributed by atoms with Crippen LogP contribution in [0.3, 0.4) is 0 Å². The summed E-state index contributed by atoms with van der Waals surface area (Å²) in [5.74, 6) is -1.25. The molecule has 0 atom stereocenters. The first-order chi connectivity index (χ1) is 7.47. The van der Waals surface area contributed by atoms with Crippen molar-refractivity contribution in [2.75, 3.05) is 11.9 Å². The summed E-state index contributed by atoms with van der Waals surface area (Å²) in [6, 6.07) is 2.97. The van der Waals surface area contributed by atoms with Crippen molar-refractivity contribution < 1.29 is 14.1 Å². The maximum absolute atomic E-state index is 13.3. The fourth-order valence-electron chi connectivity index (χ4n) is 1.13. The molecule has 0 heterocycles. The van der Waals surface area contributed by atoms with E-state index in [4.69, 9.17) is 0 Å². The minimum atomic E-state index is -0.705. The first-order valence-corrected chi connectivity index (χ1v) is 4.31. The number of hydrogen-bond acceptors (Lipinski definition) is 3. The van der Waals surface area contributed by atoms with Crippen LogP contribution in [0, 0.1) is 15.9 Å². The van der Waals surface area contributed by atoms with Crippen LogP contribution in [0.15, 0.2) is 30.9 Å². The number of anilines is 1. The monoisotopic (exact) mass is 224 g/mol. The van der Waals surface area contributed by atoms with Gasteiger partial charge in [-0.15, -0.1) is 0 Å². The molecule has 1 rings (SSSR count). The molecule has 0 saturated carbocycles. The van der Waals surface area contributed by atoms with E-state index in [9.17, 15) is 19.3 Å². The number of non-ortho nitro benzene ring substituents is 1. The quantitative estimate of drug-likeness (QED) is 0.447. The van der Waals surface area contributed by atoms with E-state index in [-0.39, 0.29) is 11.4 Å². The lowest BCUT2D eigenvalue weighted by atomic mass is 10.2. The van der Waals surface area contributed by atoms with Crippen molar-refractivity contribution in [2.24, 2.45) is 0 Å². The number of nitro groups is 1. The van der Waals surface area contributed by atoms with E-state index < -0.39 is 16.6 Å². The van der Waals surface area contributed by atoms with Gasteiger partial charge in [-0.25, -0.2) is 4.39 Å². The fraction of sp³-hybridized carbons (Fsp3) is 0.100. The summed E-state index contributed by atoms with van der Waals surface area (Å²) in [6.07, 6.45) is 0.998. The number of hydrogen-bond donors (Lipinski definition) is 0. The standard InChI is InChI=1S/C10H9FN2O3/c1-3-10(14)12(2)9-6-7(13(15)16)4-5-8(9)11/h3-6H,1H2,2H3. The van der Waals surface area contributed by atoms with Gasteiger partial charge in [0.1, 0.15) is 5.82 Å². The third kappa shape index (κ3) is 2.22. The summed E-state index contributed by atoms with van der Waals surface area (Å²) < 4.78 is 13.3. The summed E-state index contributed by atoms with van der Waals surface area (Å²) in [6.45, 7) is 3.25. The van der Waals surface area contributed by atoms with E-state index in [0.29, 0.717) is 0 Å². The second-order valence-corrected chi connectivity index (χ2v) is 2.99. The molecule has 0 N–H and O–H groups in total. The fourth-order valence-corrected chi connectivity index (χ4v) is 1.13. The van der Waals surface area contributed by atoms with Crippen LogP contribution in [0.4, 0.5) is 15.8 Å². The molecule has 0 aliphatic rings. The Kier molecular flexibility index (Phi) is 3.34. The summed E-state index contributed by atoms with van der Waals surface area (Å²) >= 11 is 0. The SMILES string of the molecule is C=CC(=O)N(C)c1cc([N+](=O)[O-])ccc1F. The van der Waals surface area contributed by atoms with Crippen LogP contribution in [0.5, 0.6) is 0 Å². The van der Waals surface area contributed by atoms with Gasteiger partial charge in [-0.1, -0.05) is 6.58 Å². The molecule has 0 bridgehead atoms. The van der Waals surface area contributed by atoms with E-state index in [1.165, 1.54) is 7.05 Å². The van der Waals surface area contributed by atoms with Crippen molar-refractivity contribution in [1.82, 2.24) is 0 Å². The molecule has 6 heteroatoms. The number of benzene rings is 1. The molecule has 1 amide bonds. The van der Waals surface area contributed by atoms with Crippen LogP contribution in [-0.2, 0) is 4.79 Å². The van der Waals surface area contributed by atoms with Crippen LogP contribution >= 0.6 is 0 Å². The van der Waals surface area contributed by atoms with Gasteiger partial charge in [-0.3, -0.25) is 14.9 Å². The second kappa shape index (κ2) is 4.52. The average Bonchev–Trinajstić information content (AvgIpc) is 2.27. The Hall–Kier alpha value is -2.24. The largest absolute Gasteiger partial charge is 0.309 e. The highest BCUT2D eigenvalue weighted by Gasteiger charge is 2.16. The van der Waals surface area contributed by atoms with Crippen molar-refractivity contribution in [3.8, 4) is 0 Å². The zero-order chi connectivity index (χ0) is 12.3. The second-order valence-electron chi connectivity index (χ2n) is 2.99. The Labute approximate surface area is 90.9 Å². The van der Waals surface area contributed by atoms with E-state index in [1.807, 2.05) is 0 Å². The predicted octanol–water partition coefficient (Wildman–Crippen LogP) is 1.88. The molecule has 5 nitrogen and oxygen atoms in total. The molecule has 0 saturated heterocycles. The highest BCUT2D eigenvalue weighted by Crippen LogP contribution is 2.24. The lowest BCUT2D eigenvalue weighted by molar-refractivity contribution is -0.384. The van der Waals surface area contributed by atoms with Crippen LogP contribution in [-0.4, -0.2) is 17.9 Å². The van der Waals surface area contributed by atoms with Gasteiger partial charge in [-0.2, -0.15) is 0 Å². The third-order valence-corrected chi connectivity index (χ3v) is 2.01. The van der Waals surface area contributed by atoms with Gasteiger partial charge in [0.15, 0.2) is 0 Å². The van der Waals surface area contributed by atoms with Gasteiger partial charge in [0, 0.05) is 19.2 Å². The summed E-state index contributed by atoms with van der Waals surface area (Å²) in [5.41, 5.74) is -0.431. The molecule has 1 aromatic rings. The topological polar surface area (TPSA) is 63.5 Å². The van der Waals surface area contributed by atoms with Crippen molar-refractivity contribution in [3.63, 3.8) is 0 Å². The normalized spacial score (nSPS) is 9.62. The number of halogens is 1. The summed E-state index contributed by atoms with van der Waals surface area (Å²) in [7, 11) is 1.31. The van der Waals surface area contributed by atoms with Crippen molar-refractivity contribution in [2.45, 2.75) is 0 Å². The smallest absolute Gasteiger partial charge is 0.271 e. The molecular formula is C10H9FN2O3. The maximum Gasteiger partial charge on any atom is 0.271 e. The van der Waals surface area contributed by atoms with Gasteiger partial charge in [-0.05, 0) is 12.1 Å². The molecular weight excluding hydrogens is 215 g/mol. The van der Waals surface area contributed by atoms with E-state index >= 15 is 0 Å². The molecule has 16 heavy (non-hydrogen) atoms. The van der Waals surface area contributed by atoms with Gasteiger partial charge >= 0.3 is 0 Å². The maximum atomic E-state index is 13.3. The summed E-state index contributed by atoms with van der Waals surface area (Å²) in [4.78, 5) is 22.0. The number of carbonyl (C=O) groups excluding carboxylic acids is 1. The molecule has 84 valence electrons. The minimum Gasteiger partial charge on any atom is -0.309 e. The Morgan fingerprint density at radius 3 is 2.75 bits per heavy atom. The van der Waals surface area contributed by atoms with Crippen molar-refractivity contribution in [3.05, 3.63) is 46.8 Å². The summed E-state index contributed by atoms with van der Waals surface area (Å²) in [5, 5.41) is 10.5. The lowest BCUT2D eigenvalue weighted by Gasteiger charge is -2.15. The molecule has 0 spiro atoms. The number of amides is 1. The molecule has 1 aromatic carbocycles. The first-order valence-electron chi connectivity index (χ1n) is 4.31. The van der Waals surface area contributed by atoms with Gasteiger partial charge in [0.25, 0.3) is 5.69 Å². The molecule has 0 aliphatic carbocycles. The number of likely N-dealkylation sites (N-methyl/N-ethyl adjacent to an activating group) is 1. The Bertz CT molecular complexity index is 459. The van der Waals surface area contributed by atoms with E-state index in [1.54, 1.807) is 0 Å².